The molecule has 0 atom stereocenters. The van der Waals surface area contributed by atoms with Crippen LogP contribution in [-0.2, 0) is 0 Å². The minimum Gasteiger partial charge on any atom is -0.379 e. The summed E-state index contributed by atoms with van der Waals surface area (Å²) in [6.45, 7) is 3.73. The van der Waals surface area contributed by atoms with E-state index in [0.29, 0.717) is 19.6 Å². The maximum atomic E-state index is 12.4. The van der Waals surface area contributed by atoms with E-state index in [1.54, 1.807) is 4.90 Å². The lowest BCUT2D eigenvalue weighted by molar-refractivity contribution is -0.384. The molecule has 21 heavy (non-hydrogen) atoms. The lowest BCUT2D eigenvalue weighted by atomic mass is 10.1. The first kappa shape index (κ1) is 15.6. The van der Waals surface area contributed by atoms with Gasteiger partial charge in [0.15, 0.2) is 0 Å². The zero-order valence-corrected chi connectivity index (χ0v) is 12.7. The third kappa shape index (κ3) is 3.44. The van der Waals surface area contributed by atoms with Crippen LogP contribution in [0.4, 0.5) is 11.4 Å². The largest absolute Gasteiger partial charge is 0.379 e. The van der Waals surface area contributed by atoms with E-state index in [-0.39, 0.29) is 27.9 Å². The van der Waals surface area contributed by atoms with Crippen molar-refractivity contribution in [3.8, 4) is 0 Å². The van der Waals surface area contributed by atoms with Crippen LogP contribution in [0.2, 0.25) is 5.02 Å². The number of nitrogens with zero attached hydrogens (tertiary/aromatic N) is 2. The molecule has 0 saturated carbocycles. The van der Waals surface area contributed by atoms with Crippen molar-refractivity contribution in [3.63, 3.8) is 0 Å². The van der Waals surface area contributed by atoms with Gasteiger partial charge in [-0.2, -0.15) is 0 Å². The Labute approximate surface area is 128 Å². The molecule has 1 fully saturated rings. The van der Waals surface area contributed by atoms with Crippen molar-refractivity contribution in [2.45, 2.75) is 26.2 Å². The van der Waals surface area contributed by atoms with Crippen molar-refractivity contribution >= 4 is 28.9 Å². The second kappa shape index (κ2) is 6.76. The first-order chi connectivity index (χ1) is 10.0. The van der Waals surface area contributed by atoms with Gasteiger partial charge in [-0.15, -0.1) is 0 Å². The Morgan fingerprint density at radius 2 is 2.05 bits per heavy atom. The topological polar surface area (TPSA) is 75.5 Å². The quantitative estimate of drug-likeness (QED) is 0.683. The van der Waals surface area contributed by atoms with Crippen LogP contribution in [0, 0.1) is 10.1 Å². The number of anilines is 1. The number of nitro groups is 1. The monoisotopic (exact) mass is 311 g/mol. The van der Waals surface area contributed by atoms with Crippen LogP contribution in [0.1, 0.15) is 36.5 Å². The number of halogens is 1. The van der Waals surface area contributed by atoms with E-state index in [2.05, 4.69) is 5.32 Å². The molecule has 0 unspecified atom stereocenters. The molecule has 0 aromatic heterocycles. The summed E-state index contributed by atoms with van der Waals surface area (Å²) < 4.78 is 0. The zero-order chi connectivity index (χ0) is 15.4. The summed E-state index contributed by atoms with van der Waals surface area (Å²) in [6.07, 6.45) is 3.05. The maximum Gasteiger partial charge on any atom is 0.294 e. The molecule has 1 aromatic carbocycles. The number of likely N-dealkylation sites (tertiary alicyclic amines) is 1. The standard InChI is InChI=1S/C14H18ClN3O3/c1-2-16-13-11(15)8-10(9-12(13)18(20)21)14(19)17-6-4-3-5-7-17/h8-9,16H,2-7H2,1H3. The highest BCUT2D eigenvalue weighted by Crippen LogP contribution is 2.34. The Balaban J connectivity index is 2.36. The van der Waals surface area contributed by atoms with Gasteiger partial charge < -0.3 is 10.2 Å². The van der Waals surface area contributed by atoms with Crippen LogP contribution in [0.3, 0.4) is 0 Å². The number of rotatable bonds is 4. The van der Waals surface area contributed by atoms with Gasteiger partial charge >= 0.3 is 0 Å². The molecule has 1 N–H and O–H groups in total. The van der Waals surface area contributed by atoms with Gasteiger partial charge in [-0.05, 0) is 32.3 Å². The summed E-state index contributed by atoms with van der Waals surface area (Å²) in [4.78, 5) is 24.8. The molecule has 114 valence electrons. The molecule has 6 nitrogen and oxygen atoms in total. The van der Waals surface area contributed by atoms with Gasteiger partial charge in [-0.3, -0.25) is 14.9 Å². The fraction of sp³-hybridized carbons (Fsp3) is 0.500. The van der Waals surface area contributed by atoms with E-state index in [1.807, 2.05) is 6.92 Å². The van der Waals surface area contributed by atoms with Gasteiger partial charge in [-0.1, -0.05) is 11.6 Å². The van der Waals surface area contributed by atoms with Gasteiger partial charge in [0.05, 0.1) is 9.95 Å². The summed E-state index contributed by atoms with van der Waals surface area (Å²) in [5.74, 6) is -0.192. The minimum atomic E-state index is -0.517. The zero-order valence-electron chi connectivity index (χ0n) is 11.9. The second-order valence-corrected chi connectivity index (χ2v) is 5.40. The van der Waals surface area contributed by atoms with E-state index in [4.69, 9.17) is 11.6 Å². The van der Waals surface area contributed by atoms with E-state index in [0.717, 1.165) is 19.3 Å². The summed E-state index contributed by atoms with van der Waals surface area (Å²) in [7, 11) is 0. The van der Waals surface area contributed by atoms with Crippen molar-refractivity contribution in [2.75, 3.05) is 25.0 Å². The normalized spacial score (nSPS) is 14.9. The van der Waals surface area contributed by atoms with Gasteiger partial charge in [-0.25, -0.2) is 0 Å². The molecule has 2 rings (SSSR count). The number of benzene rings is 1. The first-order valence-electron chi connectivity index (χ1n) is 7.05. The number of amides is 1. The Morgan fingerprint density at radius 1 is 1.38 bits per heavy atom. The van der Waals surface area contributed by atoms with Crippen LogP contribution in [0.25, 0.3) is 0 Å². The molecule has 1 aliphatic heterocycles. The molecule has 1 heterocycles. The van der Waals surface area contributed by atoms with Crippen LogP contribution in [-0.4, -0.2) is 35.4 Å². The fourth-order valence-electron chi connectivity index (χ4n) is 2.49. The van der Waals surface area contributed by atoms with Crippen LogP contribution in [0.5, 0.6) is 0 Å². The first-order valence-corrected chi connectivity index (χ1v) is 7.43. The van der Waals surface area contributed by atoms with Crippen LogP contribution < -0.4 is 5.32 Å². The van der Waals surface area contributed by atoms with E-state index >= 15 is 0 Å². The van der Waals surface area contributed by atoms with E-state index in [1.165, 1.54) is 12.1 Å². The van der Waals surface area contributed by atoms with Gasteiger partial charge in [0, 0.05) is 31.3 Å². The molecule has 0 radical (unpaired) electrons. The fourth-order valence-corrected chi connectivity index (χ4v) is 2.77. The molecule has 0 aliphatic carbocycles. The molecular formula is C14H18ClN3O3. The summed E-state index contributed by atoms with van der Waals surface area (Å²) in [5.41, 5.74) is 0.374. The van der Waals surface area contributed by atoms with Crippen molar-refractivity contribution in [2.24, 2.45) is 0 Å². The summed E-state index contributed by atoms with van der Waals surface area (Å²) in [5, 5.41) is 14.3. The summed E-state index contributed by atoms with van der Waals surface area (Å²) >= 11 is 6.10. The average molecular weight is 312 g/mol. The molecule has 1 saturated heterocycles. The summed E-state index contributed by atoms with van der Waals surface area (Å²) in [6, 6.07) is 2.81. The van der Waals surface area contributed by atoms with Gasteiger partial charge in [0.1, 0.15) is 5.69 Å². The van der Waals surface area contributed by atoms with Gasteiger partial charge in [0.25, 0.3) is 11.6 Å². The molecule has 0 spiro atoms. The van der Waals surface area contributed by atoms with Crippen molar-refractivity contribution in [1.29, 1.82) is 0 Å². The molecule has 1 aromatic rings. The molecule has 1 aliphatic rings. The Bertz CT molecular complexity index is 557. The highest BCUT2D eigenvalue weighted by atomic mass is 35.5. The van der Waals surface area contributed by atoms with Crippen molar-refractivity contribution in [3.05, 3.63) is 32.8 Å². The highest BCUT2D eigenvalue weighted by molar-refractivity contribution is 6.34. The average Bonchev–Trinajstić information content (AvgIpc) is 2.49. The number of nitrogens with one attached hydrogen (secondary N) is 1. The number of nitro benzene ring substituents is 1. The lowest BCUT2D eigenvalue weighted by Crippen LogP contribution is -2.35. The van der Waals surface area contributed by atoms with E-state index < -0.39 is 4.92 Å². The number of piperidine rings is 1. The Kier molecular flexibility index (Phi) is 5.01. The number of carbonyl (C=O) groups is 1. The third-order valence-corrected chi connectivity index (χ3v) is 3.81. The lowest BCUT2D eigenvalue weighted by Gasteiger charge is -2.26. The second-order valence-electron chi connectivity index (χ2n) is 4.99. The predicted molar refractivity (Wildman–Crippen MR) is 82.0 cm³/mol. The molecule has 7 heteroatoms. The predicted octanol–water partition coefficient (Wildman–Crippen LogP) is 3.31. The maximum absolute atomic E-state index is 12.4. The van der Waals surface area contributed by atoms with Crippen LogP contribution >= 0.6 is 11.6 Å². The molecule has 1 amide bonds. The number of hydrogen-bond donors (Lipinski definition) is 1. The Hall–Kier alpha value is -1.82. The van der Waals surface area contributed by atoms with Crippen molar-refractivity contribution in [1.82, 2.24) is 4.90 Å². The smallest absolute Gasteiger partial charge is 0.294 e. The van der Waals surface area contributed by atoms with Crippen molar-refractivity contribution < 1.29 is 9.72 Å². The van der Waals surface area contributed by atoms with Gasteiger partial charge in [0.2, 0.25) is 0 Å². The third-order valence-electron chi connectivity index (χ3n) is 3.51. The minimum absolute atomic E-state index is 0.162. The van der Waals surface area contributed by atoms with Crippen LogP contribution in [0.15, 0.2) is 12.1 Å². The molecule has 0 bridgehead atoms. The molecular weight excluding hydrogens is 294 g/mol. The Morgan fingerprint density at radius 3 is 2.62 bits per heavy atom. The number of hydrogen-bond acceptors (Lipinski definition) is 4. The number of carbonyl (C=O) groups excluding carboxylic acids is 1. The van der Waals surface area contributed by atoms with E-state index in [9.17, 15) is 14.9 Å². The highest BCUT2D eigenvalue weighted by Gasteiger charge is 2.24. The SMILES string of the molecule is CCNc1c(Cl)cc(C(=O)N2CCCCC2)cc1[N+](=O)[O-].